The van der Waals surface area contributed by atoms with Gasteiger partial charge in [-0.3, -0.25) is 0 Å². The van der Waals surface area contributed by atoms with Crippen molar-refractivity contribution in [2.75, 3.05) is 5.73 Å². The third kappa shape index (κ3) is 4.04. The second-order valence-corrected chi connectivity index (χ2v) is 6.48. The molecule has 0 spiro atoms. The van der Waals surface area contributed by atoms with Crippen LogP contribution in [0, 0.1) is 0 Å². The van der Waals surface area contributed by atoms with Crippen molar-refractivity contribution >= 4 is 45.8 Å². The van der Waals surface area contributed by atoms with Gasteiger partial charge in [0.1, 0.15) is 5.39 Å². The molecule has 26 heavy (non-hydrogen) atoms. The summed E-state index contributed by atoms with van der Waals surface area (Å²) in [5.41, 5.74) is 7.45. The van der Waals surface area contributed by atoms with E-state index < -0.39 is 5.97 Å². The lowest BCUT2D eigenvalue weighted by Crippen LogP contribution is -3.00. The van der Waals surface area contributed by atoms with E-state index in [-0.39, 0.29) is 39.5 Å². The van der Waals surface area contributed by atoms with Crippen LogP contribution in [0.2, 0.25) is 10.0 Å². The quantitative estimate of drug-likeness (QED) is 0.364. The number of hydrogen-bond acceptors (Lipinski definition) is 3. The first-order valence-corrected chi connectivity index (χ1v) is 8.13. The molecule has 0 aliphatic carbocycles. The largest absolute Gasteiger partial charge is 1.00 e. The Morgan fingerprint density at radius 1 is 1.19 bits per heavy atom. The van der Waals surface area contributed by atoms with Gasteiger partial charge >= 0.3 is 5.97 Å². The molecule has 2 aromatic carbocycles. The first-order chi connectivity index (χ1) is 11.4. The van der Waals surface area contributed by atoms with Crippen LogP contribution in [-0.2, 0) is 0 Å². The van der Waals surface area contributed by atoms with Crippen LogP contribution in [0.25, 0.3) is 10.9 Å². The number of anilines is 1. The number of nitrogen functional groups attached to an aromatic ring is 1. The topological polar surface area (TPSA) is 103 Å². The highest BCUT2D eigenvalue weighted by molar-refractivity contribution is 6.39. The van der Waals surface area contributed by atoms with Crippen LogP contribution in [-0.4, -0.2) is 16.5 Å². The molecular weight excluding hydrogens is 401 g/mol. The predicted octanol–water partition coefficient (Wildman–Crippen LogP) is 0.324. The van der Waals surface area contributed by atoms with Gasteiger partial charge in [0.2, 0.25) is 5.52 Å². The normalized spacial score (nSPS) is 10.3. The molecule has 6 nitrogen and oxygen atoms in total. The molecule has 0 saturated heterocycles. The second-order valence-electron chi connectivity index (χ2n) is 5.67. The van der Waals surface area contributed by atoms with E-state index in [0.717, 1.165) is 5.52 Å². The number of carbonyl (C=O) groups is 1. The van der Waals surface area contributed by atoms with Gasteiger partial charge in [-0.15, -0.1) is 9.78 Å². The maximum absolute atomic E-state index is 12.5. The van der Waals surface area contributed by atoms with Crippen molar-refractivity contribution in [3.8, 4) is 5.88 Å². The predicted molar refractivity (Wildman–Crippen MR) is 98.3 cm³/mol. The Balaban J connectivity index is 0.00000169. The van der Waals surface area contributed by atoms with Crippen LogP contribution in [0.3, 0.4) is 0 Å². The van der Waals surface area contributed by atoms with Gasteiger partial charge in [-0.2, -0.15) is 0 Å². The number of nitrogens with one attached hydrogen (secondary N) is 1. The molecule has 3 aromatic rings. The van der Waals surface area contributed by atoms with Gasteiger partial charge in [0, 0.05) is 11.8 Å². The number of halogens is 3. The maximum atomic E-state index is 12.5. The summed E-state index contributed by atoms with van der Waals surface area (Å²) in [4.78, 5) is 12.5. The average molecular weight is 419 g/mol. The summed E-state index contributed by atoms with van der Waals surface area (Å²) in [6.45, 7) is 4.03. The van der Waals surface area contributed by atoms with Gasteiger partial charge in [-0.1, -0.05) is 29.3 Å². The van der Waals surface area contributed by atoms with E-state index in [1.54, 1.807) is 30.3 Å². The van der Waals surface area contributed by atoms with Gasteiger partial charge in [0.25, 0.3) is 5.88 Å². The third-order valence-corrected chi connectivity index (χ3v) is 4.25. The number of hydrogen-bond donors (Lipinski definition) is 2. The van der Waals surface area contributed by atoms with Crippen LogP contribution in [0.5, 0.6) is 5.88 Å². The SMILES string of the molecule is CC(C)[n+]1[nH]c(OC(=O)c2c(Cl)cccc2Cl)c2cc(N)ccc21.O.[Cl-]. The van der Waals surface area contributed by atoms with Crippen molar-refractivity contribution in [3.05, 3.63) is 52.0 Å². The highest BCUT2D eigenvalue weighted by Crippen LogP contribution is 2.29. The molecule has 0 bridgehead atoms. The monoisotopic (exact) mass is 417 g/mol. The molecule has 9 heteroatoms. The minimum Gasteiger partial charge on any atom is -1.00 e. The number of aromatic amines is 1. The molecule has 0 aliphatic rings. The van der Waals surface area contributed by atoms with Crippen molar-refractivity contribution in [1.82, 2.24) is 5.10 Å². The number of ether oxygens (including phenoxy) is 1. The molecule has 0 aliphatic heterocycles. The van der Waals surface area contributed by atoms with Crippen molar-refractivity contribution in [3.63, 3.8) is 0 Å². The first-order valence-electron chi connectivity index (χ1n) is 7.37. The van der Waals surface area contributed by atoms with Crippen LogP contribution in [0.4, 0.5) is 5.69 Å². The smallest absolute Gasteiger partial charge is 0.348 e. The third-order valence-electron chi connectivity index (χ3n) is 3.62. The van der Waals surface area contributed by atoms with Gasteiger partial charge in [-0.05, 0) is 38.1 Å². The van der Waals surface area contributed by atoms with Crippen molar-refractivity contribution in [2.24, 2.45) is 0 Å². The summed E-state index contributed by atoms with van der Waals surface area (Å²) in [5, 5.41) is 4.27. The van der Waals surface area contributed by atoms with E-state index >= 15 is 0 Å². The van der Waals surface area contributed by atoms with E-state index in [1.165, 1.54) is 0 Å². The molecule has 0 radical (unpaired) electrons. The fourth-order valence-electron chi connectivity index (χ4n) is 2.50. The zero-order chi connectivity index (χ0) is 17.4. The van der Waals surface area contributed by atoms with Crippen molar-refractivity contribution < 1.29 is 32.1 Å². The Kier molecular flexibility index (Phi) is 7.29. The lowest BCUT2D eigenvalue weighted by atomic mass is 10.2. The van der Waals surface area contributed by atoms with Crippen LogP contribution < -0.4 is 27.6 Å². The second kappa shape index (κ2) is 8.60. The number of fused-ring (bicyclic) bond motifs is 1. The fraction of sp³-hybridized carbons (Fsp3) is 0.176. The number of rotatable bonds is 3. The van der Waals surface area contributed by atoms with E-state index in [2.05, 4.69) is 5.10 Å². The van der Waals surface area contributed by atoms with E-state index in [1.807, 2.05) is 24.6 Å². The van der Waals surface area contributed by atoms with Gasteiger partial charge in [-0.25, -0.2) is 4.79 Å². The summed E-state index contributed by atoms with van der Waals surface area (Å²) in [7, 11) is 0. The minimum absolute atomic E-state index is 0. The Bertz CT molecular complexity index is 921. The zero-order valence-corrected chi connectivity index (χ0v) is 16.3. The number of benzene rings is 2. The van der Waals surface area contributed by atoms with Crippen LogP contribution >= 0.6 is 23.2 Å². The van der Waals surface area contributed by atoms with E-state index in [9.17, 15) is 4.79 Å². The summed E-state index contributed by atoms with van der Waals surface area (Å²) in [6.07, 6.45) is 0. The number of H-pyrrole nitrogens is 1. The van der Waals surface area contributed by atoms with Crippen LogP contribution in [0.15, 0.2) is 36.4 Å². The van der Waals surface area contributed by atoms with Crippen molar-refractivity contribution in [1.29, 1.82) is 0 Å². The number of nitrogens with zero attached hydrogens (tertiary/aromatic N) is 1. The number of esters is 1. The van der Waals surface area contributed by atoms with Crippen LogP contribution in [0.1, 0.15) is 30.2 Å². The lowest BCUT2D eigenvalue weighted by molar-refractivity contribution is -0.745. The summed E-state index contributed by atoms with van der Waals surface area (Å²) in [5.74, 6) is -0.334. The number of aromatic nitrogens is 2. The highest BCUT2D eigenvalue weighted by Gasteiger charge is 2.25. The summed E-state index contributed by atoms with van der Waals surface area (Å²) >= 11 is 12.1. The average Bonchev–Trinajstić information content (AvgIpc) is 2.85. The molecule has 0 amide bonds. The van der Waals surface area contributed by atoms with E-state index in [4.69, 9.17) is 33.7 Å². The summed E-state index contributed by atoms with van der Waals surface area (Å²) in [6, 6.07) is 10.4. The molecule has 1 heterocycles. The standard InChI is InChI=1S/C17H15Cl2N3O2.ClH.H2O/c1-9(2)22-14-7-6-10(20)8-11(14)16(21-22)24-17(23)15-12(18)4-3-5-13(15)19;;/h3-9H,20H2,1-2H3;1H;1H2. The Hall–Kier alpha value is -1.99. The zero-order valence-electron chi connectivity index (χ0n) is 14.0. The molecule has 5 N–H and O–H groups in total. The van der Waals surface area contributed by atoms with Gasteiger partial charge in [0.05, 0.1) is 15.6 Å². The lowest BCUT2D eigenvalue weighted by Gasteiger charge is -2.05. The fourth-order valence-corrected chi connectivity index (χ4v) is 3.05. The Morgan fingerprint density at radius 2 is 1.81 bits per heavy atom. The molecule has 0 fully saturated rings. The molecule has 0 atom stereocenters. The Labute approximate surface area is 166 Å². The molecule has 0 saturated carbocycles. The van der Waals surface area contributed by atoms with Gasteiger partial charge in [0.15, 0.2) is 6.04 Å². The molecule has 140 valence electrons. The molecule has 1 aromatic heterocycles. The maximum Gasteiger partial charge on any atom is 0.348 e. The molecular formula is C17H18Cl3N3O3. The minimum atomic E-state index is -0.632. The van der Waals surface area contributed by atoms with Crippen molar-refractivity contribution in [2.45, 2.75) is 19.9 Å². The molecule has 0 unspecified atom stereocenters. The number of nitrogens with two attached hydrogens (primary N) is 1. The van der Waals surface area contributed by atoms with E-state index in [0.29, 0.717) is 17.0 Å². The first kappa shape index (κ1) is 22.1. The molecule has 3 rings (SSSR count). The van der Waals surface area contributed by atoms with Gasteiger partial charge < -0.3 is 28.4 Å². The number of carbonyl (C=O) groups excluding carboxylic acids is 1. The summed E-state index contributed by atoms with van der Waals surface area (Å²) < 4.78 is 7.42. The highest BCUT2D eigenvalue weighted by atomic mass is 35.5. The Morgan fingerprint density at radius 3 is 2.38 bits per heavy atom.